The van der Waals surface area contributed by atoms with E-state index in [0.717, 1.165) is 70.4 Å². The van der Waals surface area contributed by atoms with Crippen LogP contribution in [0.2, 0.25) is 0 Å². The number of thiophene rings is 1. The van der Waals surface area contributed by atoms with Crippen molar-refractivity contribution in [2.75, 3.05) is 43.9 Å². The predicted octanol–water partition coefficient (Wildman–Crippen LogP) is 5.40. The second kappa shape index (κ2) is 9.17. The quantitative estimate of drug-likeness (QED) is 0.403. The number of hydrogen-bond acceptors (Lipinski definition) is 8. The minimum Gasteiger partial charge on any atom is -0.397 e. The number of fused-ring (bicyclic) bond motifs is 1. The number of pyridine rings is 1. The third-order valence-corrected chi connectivity index (χ3v) is 9.47. The van der Waals surface area contributed by atoms with Crippen LogP contribution < -0.4 is 10.6 Å². The van der Waals surface area contributed by atoms with Gasteiger partial charge in [0, 0.05) is 54.8 Å². The van der Waals surface area contributed by atoms with Crippen LogP contribution >= 0.6 is 23.1 Å². The maximum atomic E-state index is 6.72. The van der Waals surface area contributed by atoms with Gasteiger partial charge in [-0.25, -0.2) is 15.0 Å². The highest BCUT2D eigenvalue weighted by atomic mass is 32.2. The van der Waals surface area contributed by atoms with Gasteiger partial charge in [0.25, 0.3) is 0 Å². The Labute approximate surface area is 208 Å². The molecule has 2 N–H and O–H groups in total. The fraction of sp³-hybridized carbons (Fsp3) is 0.346. The molecular weight excluding hydrogens is 460 g/mol. The summed E-state index contributed by atoms with van der Waals surface area (Å²) >= 11 is 3.64. The summed E-state index contributed by atoms with van der Waals surface area (Å²) in [5, 5.41) is 1.75. The topological polar surface area (TPSA) is 71.2 Å². The standard InChI is InChI=1S/C26H28N6S2/c1-31-10-12-32(13-11-31)26-28-15-18(16-29-26)21-14-20(17-6-3-2-4-7-17)22-23(27)25(34-24(22)30-21)33-19-8-5-9-19/h2-4,6-7,14-16,19H,5,8-13,27H2,1H3. The number of rotatable bonds is 5. The Hall–Kier alpha value is -2.68. The molecule has 6 nitrogen and oxygen atoms in total. The molecule has 6 rings (SSSR count). The van der Waals surface area contributed by atoms with Gasteiger partial charge < -0.3 is 15.5 Å². The summed E-state index contributed by atoms with van der Waals surface area (Å²) in [5.41, 5.74) is 11.7. The molecule has 174 valence electrons. The highest BCUT2D eigenvalue weighted by Crippen LogP contribution is 2.48. The molecule has 2 fully saturated rings. The Morgan fingerprint density at radius 1 is 1.00 bits per heavy atom. The highest BCUT2D eigenvalue weighted by Gasteiger charge is 2.24. The van der Waals surface area contributed by atoms with Crippen molar-refractivity contribution >= 4 is 45.0 Å². The van der Waals surface area contributed by atoms with E-state index in [-0.39, 0.29) is 0 Å². The second-order valence-corrected chi connectivity index (χ2v) is 11.7. The van der Waals surface area contributed by atoms with E-state index in [2.05, 4.69) is 47.2 Å². The van der Waals surface area contributed by atoms with Crippen LogP contribution in [0, 0.1) is 0 Å². The van der Waals surface area contributed by atoms with Crippen molar-refractivity contribution in [3.8, 4) is 22.4 Å². The molecule has 0 atom stereocenters. The summed E-state index contributed by atoms with van der Waals surface area (Å²) in [7, 11) is 2.15. The van der Waals surface area contributed by atoms with Gasteiger partial charge in [0.1, 0.15) is 4.83 Å². The lowest BCUT2D eigenvalue weighted by Crippen LogP contribution is -2.45. The molecule has 0 amide bonds. The van der Waals surface area contributed by atoms with E-state index in [1.165, 1.54) is 23.5 Å². The van der Waals surface area contributed by atoms with E-state index in [1.807, 2.05) is 30.2 Å². The average Bonchev–Trinajstić information content (AvgIpc) is 3.17. The zero-order valence-corrected chi connectivity index (χ0v) is 20.9. The monoisotopic (exact) mass is 488 g/mol. The number of thioether (sulfide) groups is 1. The van der Waals surface area contributed by atoms with Crippen molar-refractivity contribution in [1.82, 2.24) is 19.9 Å². The Morgan fingerprint density at radius 2 is 1.74 bits per heavy atom. The first kappa shape index (κ1) is 21.8. The molecule has 1 saturated heterocycles. The van der Waals surface area contributed by atoms with Gasteiger partial charge in [-0.1, -0.05) is 36.8 Å². The van der Waals surface area contributed by atoms with Crippen molar-refractivity contribution in [1.29, 1.82) is 0 Å². The Balaban J connectivity index is 1.40. The predicted molar refractivity (Wildman–Crippen MR) is 144 cm³/mol. The lowest BCUT2D eigenvalue weighted by molar-refractivity contribution is 0.311. The number of anilines is 2. The van der Waals surface area contributed by atoms with Crippen molar-refractivity contribution in [3.63, 3.8) is 0 Å². The molecule has 1 aromatic carbocycles. The van der Waals surface area contributed by atoms with Crippen LogP contribution in [0.5, 0.6) is 0 Å². The summed E-state index contributed by atoms with van der Waals surface area (Å²) in [6, 6.07) is 12.6. The van der Waals surface area contributed by atoms with E-state index in [9.17, 15) is 0 Å². The first-order valence-electron chi connectivity index (χ1n) is 11.9. The van der Waals surface area contributed by atoms with Crippen LogP contribution in [0.1, 0.15) is 19.3 Å². The van der Waals surface area contributed by atoms with E-state index >= 15 is 0 Å². The van der Waals surface area contributed by atoms with Crippen molar-refractivity contribution in [2.45, 2.75) is 28.7 Å². The zero-order chi connectivity index (χ0) is 23.1. The van der Waals surface area contributed by atoms with Gasteiger partial charge in [-0.15, -0.1) is 23.1 Å². The summed E-state index contributed by atoms with van der Waals surface area (Å²) in [6.07, 6.45) is 7.69. The molecule has 0 radical (unpaired) electrons. The fourth-order valence-electron chi connectivity index (χ4n) is 4.44. The lowest BCUT2D eigenvalue weighted by Gasteiger charge is -2.32. The molecule has 8 heteroatoms. The second-order valence-electron chi connectivity index (χ2n) is 9.14. The van der Waals surface area contributed by atoms with Crippen molar-refractivity contribution in [3.05, 3.63) is 48.8 Å². The van der Waals surface area contributed by atoms with Gasteiger partial charge in [0.05, 0.1) is 15.6 Å². The first-order valence-corrected chi connectivity index (χ1v) is 13.6. The normalized spacial score (nSPS) is 17.3. The third-order valence-electron chi connectivity index (χ3n) is 6.80. The molecule has 4 heterocycles. The van der Waals surface area contributed by atoms with Crippen LogP contribution in [-0.2, 0) is 0 Å². The van der Waals surface area contributed by atoms with E-state index in [0.29, 0.717) is 5.25 Å². The van der Waals surface area contributed by atoms with Crippen LogP contribution in [0.15, 0.2) is 53.0 Å². The smallest absolute Gasteiger partial charge is 0.225 e. The lowest BCUT2D eigenvalue weighted by atomic mass is 10.00. The SMILES string of the molecule is CN1CCN(c2ncc(-c3cc(-c4ccccc4)c4c(N)c(SC5CCC5)sc4n3)cn2)CC1. The Bertz CT molecular complexity index is 1290. The van der Waals surface area contributed by atoms with Gasteiger partial charge in [-0.2, -0.15) is 0 Å². The Morgan fingerprint density at radius 3 is 2.41 bits per heavy atom. The van der Waals surface area contributed by atoms with Crippen molar-refractivity contribution in [2.24, 2.45) is 0 Å². The number of nitrogens with two attached hydrogens (primary N) is 1. The highest BCUT2D eigenvalue weighted by molar-refractivity contribution is 8.02. The molecule has 0 spiro atoms. The first-order chi connectivity index (χ1) is 16.7. The number of piperazine rings is 1. The van der Waals surface area contributed by atoms with Crippen molar-refractivity contribution < 1.29 is 0 Å². The number of nitrogens with zero attached hydrogens (tertiary/aromatic N) is 5. The summed E-state index contributed by atoms with van der Waals surface area (Å²) in [6.45, 7) is 3.97. The minimum atomic E-state index is 0.686. The summed E-state index contributed by atoms with van der Waals surface area (Å²) in [4.78, 5) is 20.0. The molecular formula is C26H28N6S2. The van der Waals surface area contributed by atoms with Crippen LogP contribution in [0.4, 0.5) is 11.6 Å². The van der Waals surface area contributed by atoms with Gasteiger partial charge >= 0.3 is 0 Å². The molecule has 1 aliphatic carbocycles. The van der Waals surface area contributed by atoms with E-state index < -0.39 is 0 Å². The van der Waals surface area contributed by atoms with E-state index in [4.69, 9.17) is 20.7 Å². The third kappa shape index (κ3) is 4.15. The zero-order valence-electron chi connectivity index (χ0n) is 19.3. The molecule has 3 aromatic heterocycles. The fourth-order valence-corrected chi connectivity index (χ4v) is 7.24. The van der Waals surface area contributed by atoms with Crippen LogP contribution in [-0.4, -0.2) is 58.3 Å². The molecule has 4 aromatic rings. The van der Waals surface area contributed by atoms with Crippen LogP contribution in [0.25, 0.3) is 32.6 Å². The summed E-state index contributed by atoms with van der Waals surface area (Å²) in [5.74, 6) is 0.792. The molecule has 2 aliphatic rings. The molecule has 1 aliphatic heterocycles. The maximum Gasteiger partial charge on any atom is 0.225 e. The average molecular weight is 489 g/mol. The number of likely N-dealkylation sites (N-methyl/N-ethyl adjacent to an activating group) is 1. The van der Waals surface area contributed by atoms with Gasteiger partial charge in [0.2, 0.25) is 5.95 Å². The number of hydrogen-bond donors (Lipinski definition) is 1. The molecule has 0 unspecified atom stereocenters. The molecule has 0 bridgehead atoms. The van der Waals surface area contributed by atoms with Gasteiger partial charge in [-0.3, -0.25) is 0 Å². The summed E-state index contributed by atoms with van der Waals surface area (Å²) < 4.78 is 1.20. The minimum absolute atomic E-state index is 0.686. The number of benzene rings is 1. The van der Waals surface area contributed by atoms with Gasteiger partial charge in [-0.05, 0) is 37.1 Å². The maximum absolute atomic E-state index is 6.72. The molecule has 34 heavy (non-hydrogen) atoms. The Kier molecular flexibility index (Phi) is 5.89. The van der Waals surface area contributed by atoms with Gasteiger partial charge in [0.15, 0.2) is 0 Å². The number of nitrogen functional groups attached to an aromatic ring is 1. The molecule has 1 saturated carbocycles. The number of aromatic nitrogens is 3. The van der Waals surface area contributed by atoms with E-state index in [1.54, 1.807) is 11.3 Å². The van der Waals surface area contributed by atoms with Crippen LogP contribution in [0.3, 0.4) is 0 Å². The largest absolute Gasteiger partial charge is 0.397 e.